The van der Waals surface area contributed by atoms with Crippen molar-refractivity contribution in [1.82, 2.24) is 14.5 Å². The van der Waals surface area contributed by atoms with E-state index in [1.807, 2.05) is 40.7 Å². The largest absolute Gasteiger partial charge is 0.333 e. The van der Waals surface area contributed by atoms with Gasteiger partial charge in [0.25, 0.3) is 0 Å². The summed E-state index contributed by atoms with van der Waals surface area (Å²) in [6.45, 7) is 11.0. The van der Waals surface area contributed by atoms with Crippen LogP contribution in [0, 0.1) is 13.8 Å². The fourth-order valence-electron chi connectivity index (χ4n) is 2.55. The molecule has 0 aliphatic carbocycles. The Labute approximate surface area is 144 Å². The Bertz CT molecular complexity index is 715. The van der Waals surface area contributed by atoms with Crippen molar-refractivity contribution < 1.29 is 13.2 Å². The minimum Gasteiger partial charge on any atom is -0.333 e. The molecule has 2 amide bonds. The summed E-state index contributed by atoms with van der Waals surface area (Å²) in [7, 11) is -3.51. The average Bonchev–Trinajstić information content (AvgIpc) is 2.48. The first-order valence-electron chi connectivity index (χ1n) is 8.15. The molecule has 134 valence electrons. The van der Waals surface area contributed by atoms with E-state index >= 15 is 0 Å². The predicted molar refractivity (Wildman–Crippen MR) is 94.5 cm³/mol. The van der Waals surface area contributed by atoms with Crippen molar-refractivity contribution in [3.05, 3.63) is 29.3 Å². The lowest BCUT2D eigenvalue weighted by Gasteiger charge is -2.35. The molecule has 0 saturated carbocycles. The molecule has 1 aliphatic heterocycles. The molecule has 1 aromatic rings. The number of benzene rings is 1. The number of hydrogen-bond donors (Lipinski definition) is 1. The summed E-state index contributed by atoms with van der Waals surface area (Å²) >= 11 is 0. The van der Waals surface area contributed by atoms with Crippen LogP contribution in [0.25, 0.3) is 0 Å². The number of amides is 2. The highest BCUT2D eigenvalue weighted by Crippen LogP contribution is 2.20. The van der Waals surface area contributed by atoms with Crippen LogP contribution >= 0.6 is 0 Å². The van der Waals surface area contributed by atoms with Crippen LogP contribution in [-0.4, -0.2) is 55.4 Å². The first-order chi connectivity index (χ1) is 11.0. The van der Waals surface area contributed by atoms with E-state index in [-0.39, 0.29) is 11.6 Å². The number of sulfonamides is 1. The normalized spacial score (nSPS) is 17.0. The molecular weight excluding hydrogens is 326 g/mol. The second kappa shape index (κ2) is 6.72. The number of nitrogens with zero attached hydrogens (tertiary/aromatic N) is 2. The fraction of sp³-hybridized carbons (Fsp3) is 0.588. The molecule has 0 radical (unpaired) electrons. The Morgan fingerprint density at radius 1 is 1.04 bits per heavy atom. The Hall–Kier alpha value is -1.60. The van der Waals surface area contributed by atoms with Crippen molar-refractivity contribution in [2.24, 2.45) is 0 Å². The Kier molecular flexibility index (Phi) is 5.25. The molecule has 0 unspecified atom stereocenters. The van der Waals surface area contributed by atoms with Crippen molar-refractivity contribution in [3.63, 3.8) is 0 Å². The number of carbonyl (C=O) groups is 1. The zero-order valence-electron chi connectivity index (χ0n) is 15.1. The van der Waals surface area contributed by atoms with Gasteiger partial charge in [0, 0.05) is 31.7 Å². The number of carbonyl (C=O) groups excluding carboxylic acids is 1. The summed E-state index contributed by atoms with van der Waals surface area (Å²) in [5.41, 5.74) is 1.72. The molecule has 0 aromatic heterocycles. The molecule has 6 nitrogen and oxygen atoms in total. The molecule has 1 heterocycles. The number of piperazine rings is 1. The summed E-state index contributed by atoms with van der Waals surface area (Å²) in [6, 6.07) is 5.04. The van der Waals surface area contributed by atoms with Gasteiger partial charge >= 0.3 is 6.03 Å². The number of nitrogens with one attached hydrogen (secondary N) is 1. The van der Waals surface area contributed by atoms with Crippen LogP contribution in [0.1, 0.15) is 31.9 Å². The molecule has 1 aliphatic rings. The summed E-state index contributed by atoms with van der Waals surface area (Å²) in [4.78, 5) is 14.2. The lowest BCUT2D eigenvalue weighted by molar-refractivity contribution is 0.165. The first-order valence-corrected chi connectivity index (χ1v) is 9.59. The number of aryl methyl sites for hydroxylation is 2. The topological polar surface area (TPSA) is 69.7 Å². The highest BCUT2D eigenvalue weighted by atomic mass is 32.2. The van der Waals surface area contributed by atoms with Gasteiger partial charge in [-0.05, 0) is 57.9 Å². The zero-order chi connectivity index (χ0) is 18.1. The molecule has 7 heteroatoms. The van der Waals surface area contributed by atoms with E-state index in [1.165, 1.54) is 4.31 Å². The molecule has 1 N–H and O–H groups in total. The van der Waals surface area contributed by atoms with Crippen LogP contribution in [0.5, 0.6) is 0 Å². The number of hydrogen-bond acceptors (Lipinski definition) is 3. The highest BCUT2D eigenvalue weighted by Gasteiger charge is 2.31. The SMILES string of the molecule is Cc1ccc(S(=O)(=O)N2CCN(C(=O)NC(C)(C)C)CC2)cc1C. The lowest BCUT2D eigenvalue weighted by atomic mass is 10.1. The van der Waals surface area contributed by atoms with E-state index in [9.17, 15) is 13.2 Å². The van der Waals surface area contributed by atoms with Gasteiger partial charge in [-0.15, -0.1) is 0 Å². The van der Waals surface area contributed by atoms with Gasteiger partial charge in [-0.25, -0.2) is 13.2 Å². The standard InChI is InChI=1S/C17H27N3O3S/c1-13-6-7-15(12-14(13)2)24(22,23)20-10-8-19(9-11-20)16(21)18-17(3,4)5/h6-7,12H,8-11H2,1-5H3,(H,18,21). The van der Waals surface area contributed by atoms with Gasteiger partial charge in [0.05, 0.1) is 4.90 Å². The van der Waals surface area contributed by atoms with Gasteiger partial charge in [-0.1, -0.05) is 6.07 Å². The van der Waals surface area contributed by atoms with E-state index < -0.39 is 10.0 Å². The smallest absolute Gasteiger partial charge is 0.317 e. The first kappa shape index (κ1) is 18.7. The van der Waals surface area contributed by atoms with E-state index in [4.69, 9.17) is 0 Å². The molecular formula is C17H27N3O3S. The maximum Gasteiger partial charge on any atom is 0.317 e. The van der Waals surface area contributed by atoms with E-state index in [2.05, 4.69) is 5.32 Å². The van der Waals surface area contributed by atoms with Crippen LogP contribution < -0.4 is 5.32 Å². The van der Waals surface area contributed by atoms with Crippen LogP contribution in [0.2, 0.25) is 0 Å². The summed E-state index contributed by atoms with van der Waals surface area (Å²) in [5.74, 6) is 0. The number of rotatable bonds is 2. The maximum atomic E-state index is 12.8. The molecule has 0 spiro atoms. The quantitative estimate of drug-likeness (QED) is 0.885. The van der Waals surface area contributed by atoms with Gasteiger partial charge in [0.15, 0.2) is 0 Å². The molecule has 1 aromatic carbocycles. The second-order valence-corrected chi connectivity index (χ2v) is 9.26. The molecule has 1 saturated heterocycles. The van der Waals surface area contributed by atoms with Crippen molar-refractivity contribution in [2.45, 2.75) is 45.1 Å². The third kappa shape index (κ3) is 4.27. The average molecular weight is 353 g/mol. The van der Waals surface area contributed by atoms with Crippen LogP contribution in [0.15, 0.2) is 23.1 Å². The van der Waals surface area contributed by atoms with Crippen molar-refractivity contribution in [3.8, 4) is 0 Å². The van der Waals surface area contributed by atoms with Gasteiger partial charge in [0.1, 0.15) is 0 Å². The summed E-state index contributed by atoms with van der Waals surface area (Å²) in [5, 5.41) is 2.91. The molecule has 24 heavy (non-hydrogen) atoms. The third-order valence-electron chi connectivity index (χ3n) is 4.12. The Morgan fingerprint density at radius 3 is 2.12 bits per heavy atom. The molecule has 1 fully saturated rings. The highest BCUT2D eigenvalue weighted by molar-refractivity contribution is 7.89. The van der Waals surface area contributed by atoms with Gasteiger partial charge in [-0.3, -0.25) is 0 Å². The van der Waals surface area contributed by atoms with Gasteiger partial charge < -0.3 is 10.2 Å². The zero-order valence-corrected chi connectivity index (χ0v) is 15.9. The molecule has 2 rings (SSSR count). The third-order valence-corrected chi connectivity index (χ3v) is 6.02. The second-order valence-electron chi connectivity index (χ2n) is 7.32. The van der Waals surface area contributed by atoms with Crippen LogP contribution in [0.3, 0.4) is 0 Å². The van der Waals surface area contributed by atoms with Crippen LogP contribution in [0.4, 0.5) is 4.79 Å². The fourth-order valence-corrected chi connectivity index (χ4v) is 4.06. The summed E-state index contributed by atoms with van der Waals surface area (Å²) in [6.07, 6.45) is 0. The van der Waals surface area contributed by atoms with Crippen molar-refractivity contribution in [1.29, 1.82) is 0 Å². The molecule has 0 atom stereocenters. The van der Waals surface area contributed by atoms with Gasteiger partial charge in [-0.2, -0.15) is 4.31 Å². The van der Waals surface area contributed by atoms with E-state index in [0.29, 0.717) is 31.1 Å². The minimum atomic E-state index is -3.51. The Balaban J connectivity index is 2.05. The van der Waals surface area contributed by atoms with Crippen molar-refractivity contribution in [2.75, 3.05) is 26.2 Å². The van der Waals surface area contributed by atoms with E-state index in [1.54, 1.807) is 17.0 Å². The lowest BCUT2D eigenvalue weighted by Crippen LogP contribution is -2.55. The summed E-state index contributed by atoms with van der Waals surface area (Å²) < 4.78 is 27.0. The van der Waals surface area contributed by atoms with Crippen molar-refractivity contribution >= 4 is 16.1 Å². The maximum absolute atomic E-state index is 12.8. The van der Waals surface area contributed by atoms with Gasteiger partial charge in [0.2, 0.25) is 10.0 Å². The minimum absolute atomic E-state index is 0.147. The predicted octanol–water partition coefficient (Wildman–Crippen LogP) is 2.12. The van der Waals surface area contributed by atoms with Crippen LogP contribution in [-0.2, 0) is 10.0 Å². The molecule has 0 bridgehead atoms. The number of urea groups is 1. The van der Waals surface area contributed by atoms with E-state index in [0.717, 1.165) is 11.1 Å². The Morgan fingerprint density at radius 2 is 1.62 bits per heavy atom. The monoisotopic (exact) mass is 353 g/mol.